The lowest BCUT2D eigenvalue weighted by Gasteiger charge is -2.17. The third kappa shape index (κ3) is 4.27. The van der Waals surface area contributed by atoms with Crippen LogP contribution in [0.5, 0.6) is 0 Å². The number of aromatic nitrogens is 1. The van der Waals surface area contributed by atoms with Crippen LogP contribution in [0.1, 0.15) is 51.6 Å². The lowest BCUT2D eigenvalue weighted by Crippen LogP contribution is -2.28. The number of nitrogens with one attached hydrogen (secondary N) is 1. The first-order valence-corrected chi connectivity index (χ1v) is 10.2. The van der Waals surface area contributed by atoms with Gasteiger partial charge in [-0.15, -0.1) is 0 Å². The third-order valence-electron chi connectivity index (χ3n) is 5.16. The molecule has 0 saturated heterocycles. The van der Waals surface area contributed by atoms with Gasteiger partial charge in [-0.2, -0.15) is 0 Å². The van der Waals surface area contributed by atoms with Crippen LogP contribution >= 0.6 is 0 Å². The van der Waals surface area contributed by atoms with Crippen LogP contribution in [0.15, 0.2) is 59.1 Å². The first kappa shape index (κ1) is 19.9. The number of carbonyl (C=O) groups is 2. The predicted molar refractivity (Wildman–Crippen MR) is 114 cm³/mol. The van der Waals surface area contributed by atoms with Gasteiger partial charge in [0.2, 0.25) is 0 Å². The van der Waals surface area contributed by atoms with Crippen molar-refractivity contribution in [3.05, 3.63) is 82.7 Å². The molecule has 2 amide bonds. The fraction of sp³-hybridized carbons (Fsp3) is 0.292. The SMILES string of the molecule is CC(C)Cc1cc(C(=O)NCc2ccc3c(c2)CCN3C(=O)c2ccccc2)no1. The molecule has 2 aromatic carbocycles. The van der Waals surface area contributed by atoms with Gasteiger partial charge in [-0.25, -0.2) is 0 Å². The molecule has 30 heavy (non-hydrogen) atoms. The molecule has 6 nitrogen and oxygen atoms in total. The van der Waals surface area contributed by atoms with Crippen molar-refractivity contribution in [2.45, 2.75) is 33.2 Å². The molecule has 0 atom stereocenters. The second-order valence-electron chi connectivity index (χ2n) is 7.99. The largest absolute Gasteiger partial charge is 0.361 e. The molecule has 0 unspecified atom stereocenters. The molecule has 1 aromatic heterocycles. The fourth-order valence-corrected chi connectivity index (χ4v) is 3.70. The highest BCUT2D eigenvalue weighted by Crippen LogP contribution is 2.30. The van der Waals surface area contributed by atoms with Crippen molar-refractivity contribution in [2.75, 3.05) is 11.4 Å². The molecule has 1 N–H and O–H groups in total. The van der Waals surface area contributed by atoms with E-state index in [0.717, 1.165) is 35.4 Å². The molecular weight excluding hydrogens is 378 g/mol. The van der Waals surface area contributed by atoms with E-state index in [0.29, 0.717) is 30.3 Å². The normalized spacial score (nSPS) is 12.8. The van der Waals surface area contributed by atoms with Crippen molar-refractivity contribution >= 4 is 17.5 Å². The van der Waals surface area contributed by atoms with Crippen LogP contribution in [0.4, 0.5) is 5.69 Å². The highest BCUT2D eigenvalue weighted by molar-refractivity contribution is 6.07. The monoisotopic (exact) mass is 403 g/mol. The minimum atomic E-state index is -0.255. The van der Waals surface area contributed by atoms with E-state index in [9.17, 15) is 9.59 Å². The van der Waals surface area contributed by atoms with Gasteiger partial charge in [0.1, 0.15) is 5.76 Å². The van der Waals surface area contributed by atoms with Gasteiger partial charge in [-0.3, -0.25) is 9.59 Å². The number of hydrogen-bond donors (Lipinski definition) is 1. The summed E-state index contributed by atoms with van der Waals surface area (Å²) >= 11 is 0. The third-order valence-corrected chi connectivity index (χ3v) is 5.16. The van der Waals surface area contributed by atoms with Crippen molar-refractivity contribution in [1.82, 2.24) is 10.5 Å². The molecule has 1 aliphatic heterocycles. The quantitative estimate of drug-likeness (QED) is 0.675. The maximum absolute atomic E-state index is 12.8. The van der Waals surface area contributed by atoms with Crippen molar-refractivity contribution in [3.63, 3.8) is 0 Å². The van der Waals surface area contributed by atoms with Gasteiger partial charge >= 0.3 is 0 Å². The second kappa shape index (κ2) is 8.53. The van der Waals surface area contributed by atoms with E-state index in [1.54, 1.807) is 6.07 Å². The van der Waals surface area contributed by atoms with E-state index in [4.69, 9.17) is 4.52 Å². The molecule has 0 saturated carbocycles. The number of amides is 2. The molecule has 0 aliphatic carbocycles. The molecule has 6 heteroatoms. The number of fused-ring (bicyclic) bond motifs is 1. The molecule has 0 radical (unpaired) electrons. The number of benzene rings is 2. The van der Waals surface area contributed by atoms with Gasteiger partial charge in [-0.1, -0.05) is 49.3 Å². The summed E-state index contributed by atoms with van der Waals surface area (Å²) in [6.45, 7) is 5.23. The summed E-state index contributed by atoms with van der Waals surface area (Å²) in [5.74, 6) is 0.915. The van der Waals surface area contributed by atoms with Crippen molar-refractivity contribution < 1.29 is 14.1 Å². The number of nitrogens with zero attached hydrogens (tertiary/aromatic N) is 2. The lowest BCUT2D eigenvalue weighted by molar-refractivity contribution is 0.0940. The zero-order chi connectivity index (χ0) is 21.1. The minimum absolute atomic E-state index is 0.0126. The number of hydrogen-bond acceptors (Lipinski definition) is 4. The average Bonchev–Trinajstić information content (AvgIpc) is 3.38. The van der Waals surface area contributed by atoms with E-state index in [-0.39, 0.29) is 11.8 Å². The van der Waals surface area contributed by atoms with Crippen molar-refractivity contribution in [1.29, 1.82) is 0 Å². The Hall–Kier alpha value is -3.41. The molecule has 4 rings (SSSR count). The van der Waals surface area contributed by atoms with Gasteiger partial charge < -0.3 is 14.7 Å². The summed E-state index contributed by atoms with van der Waals surface area (Å²) in [5.41, 5.74) is 4.03. The standard InChI is InChI=1S/C24H25N3O3/c1-16(2)12-20-14-21(26-30-20)23(28)25-15-17-8-9-22-19(13-17)10-11-27(22)24(29)18-6-4-3-5-7-18/h3-9,13-14,16H,10-12,15H2,1-2H3,(H,25,28). The van der Waals surface area contributed by atoms with Crippen molar-refractivity contribution in [2.24, 2.45) is 5.92 Å². The molecule has 2 heterocycles. The van der Waals surface area contributed by atoms with E-state index in [2.05, 4.69) is 30.4 Å². The summed E-state index contributed by atoms with van der Waals surface area (Å²) in [6, 6.07) is 17.0. The summed E-state index contributed by atoms with van der Waals surface area (Å²) < 4.78 is 5.23. The topological polar surface area (TPSA) is 75.4 Å². The summed E-state index contributed by atoms with van der Waals surface area (Å²) in [6.07, 6.45) is 1.56. The van der Waals surface area contributed by atoms with Crippen LogP contribution < -0.4 is 10.2 Å². The zero-order valence-electron chi connectivity index (χ0n) is 17.2. The second-order valence-corrected chi connectivity index (χ2v) is 7.99. The summed E-state index contributed by atoms with van der Waals surface area (Å²) in [4.78, 5) is 27.0. The molecule has 154 valence electrons. The van der Waals surface area contributed by atoms with Gasteiger partial charge in [0.05, 0.1) is 0 Å². The Morgan fingerprint density at radius 2 is 1.93 bits per heavy atom. The number of rotatable bonds is 6. The summed E-state index contributed by atoms with van der Waals surface area (Å²) in [7, 11) is 0. The Balaban J connectivity index is 1.40. The lowest BCUT2D eigenvalue weighted by atomic mass is 10.1. The Labute approximate surface area is 175 Å². The first-order valence-electron chi connectivity index (χ1n) is 10.2. The van der Waals surface area contributed by atoms with E-state index in [1.165, 1.54) is 0 Å². The van der Waals surface area contributed by atoms with Gasteiger partial charge in [0, 0.05) is 36.8 Å². The van der Waals surface area contributed by atoms with E-state index >= 15 is 0 Å². The first-order chi connectivity index (χ1) is 14.5. The van der Waals surface area contributed by atoms with Crippen LogP contribution in [0, 0.1) is 5.92 Å². The number of anilines is 1. The van der Waals surface area contributed by atoms with Crippen LogP contribution in [0.2, 0.25) is 0 Å². The van der Waals surface area contributed by atoms with Gasteiger partial charge in [0.25, 0.3) is 11.8 Å². The molecule has 0 spiro atoms. The maximum atomic E-state index is 12.8. The Bertz CT molecular complexity index is 1060. The highest BCUT2D eigenvalue weighted by atomic mass is 16.5. The Kier molecular flexibility index (Phi) is 5.65. The molecule has 0 bridgehead atoms. The predicted octanol–water partition coefficient (Wildman–Crippen LogP) is 4.01. The zero-order valence-corrected chi connectivity index (χ0v) is 17.2. The van der Waals surface area contributed by atoms with E-state index in [1.807, 2.05) is 47.4 Å². The Morgan fingerprint density at radius 1 is 1.13 bits per heavy atom. The number of carbonyl (C=O) groups excluding carboxylic acids is 2. The van der Waals surface area contributed by atoms with Crippen LogP contribution in [0.3, 0.4) is 0 Å². The Morgan fingerprint density at radius 3 is 2.70 bits per heavy atom. The minimum Gasteiger partial charge on any atom is -0.361 e. The smallest absolute Gasteiger partial charge is 0.273 e. The average molecular weight is 403 g/mol. The van der Waals surface area contributed by atoms with Crippen LogP contribution in [0.25, 0.3) is 0 Å². The summed E-state index contributed by atoms with van der Waals surface area (Å²) in [5, 5.41) is 6.76. The fourth-order valence-electron chi connectivity index (χ4n) is 3.70. The van der Waals surface area contributed by atoms with Gasteiger partial charge in [-0.05, 0) is 41.7 Å². The van der Waals surface area contributed by atoms with E-state index < -0.39 is 0 Å². The van der Waals surface area contributed by atoms with Crippen LogP contribution in [-0.4, -0.2) is 23.5 Å². The highest BCUT2D eigenvalue weighted by Gasteiger charge is 2.25. The maximum Gasteiger partial charge on any atom is 0.273 e. The molecule has 0 fully saturated rings. The van der Waals surface area contributed by atoms with Crippen LogP contribution in [-0.2, 0) is 19.4 Å². The molecular formula is C24H25N3O3. The van der Waals surface area contributed by atoms with Gasteiger partial charge in [0.15, 0.2) is 5.69 Å². The van der Waals surface area contributed by atoms with Crippen molar-refractivity contribution in [3.8, 4) is 0 Å². The molecule has 3 aromatic rings. The molecule has 1 aliphatic rings.